The Morgan fingerprint density at radius 1 is 1.00 bits per heavy atom. The van der Waals surface area contributed by atoms with Gasteiger partial charge in [-0.3, -0.25) is 4.79 Å². The zero-order valence-electron chi connectivity index (χ0n) is 14.4. The van der Waals surface area contributed by atoms with E-state index in [2.05, 4.69) is 17.6 Å². The van der Waals surface area contributed by atoms with Crippen LogP contribution in [0.15, 0.2) is 42.5 Å². The van der Waals surface area contributed by atoms with Crippen molar-refractivity contribution in [2.24, 2.45) is 0 Å². The molecule has 5 heteroatoms. The average molecular weight is 328 g/mol. The summed E-state index contributed by atoms with van der Waals surface area (Å²) < 4.78 is 10.5. The molecule has 0 aliphatic rings. The molecule has 0 aliphatic carbocycles. The van der Waals surface area contributed by atoms with E-state index in [1.54, 1.807) is 20.3 Å². The number of rotatable bonds is 8. The van der Waals surface area contributed by atoms with Crippen LogP contribution in [-0.2, 0) is 17.8 Å². The maximum Gasteiger partial charge on any atom is 0.228 e. The summed E-state index contributed by atoms with van der Waals surface area (Å²) >= 11 is 0. The molecule has 0 aromatic heterocycles. The third kappa shape index (κ3) is 4.99. The van der Waals surface area contributed by atoms with Crippen molar-refractivity contribution in [3.63, 3.8) is 0 Å². The molecule has 0 saturated carbocycles. The lowest BCUT2D eigenvalue weighted by Gasteiger charge is -2.10. The van der Waals surface area contributed by atoms with Gasteiger partial charge in [0.25, 0.3) is 0 Å². The first kappa shape index (κ1) is 17.8. The second-order valence-corrected chi connectivity index (χ2v) is 5.39. The number of hydrogen-bond donors (Lipinski definition) is 2. The van der Waals surface area contributed by atoms with Gasteiger partial charge in [-0.1, -0.05) is 25.1 Å². The van der Waals surface area contributed by atoms with E-state index in [9.17, 15) is 4.79 Å². The van der Waals surface area contributed by atoms with Gasteiger partial charge in [-0.2, -0.15) is 0 Å². The molecule has 0 radical (unpaired) electrons. The van der Waals surface area contributed by atoms with Gasteiger partial charge in [0.2, 0.25) is 5.91 Å². The maximum atomic E-state index is 12.3. The summed E-state index contributed by atoms with van der Waals surface area (Å²) in [6.45, 7) is 3.76. The number of ether oxygens (including phenoxy) is 2. The summed E-state index contributed by atoms with van der Waals surface area (Å²) in [5, 5.41) is 6.20. The van der Waals surface area contributed by atoms with Crippen LogP contribution in [0.5, 0.6) is 11.5 Å². The van der Waals surface area contributed by atoms with Crippen molar-refractivity contribution in [3.05, 3.63) is 53.6 Å². The van der Waals surface area contributed by atoms with Crippen LogP contribution in [0.25, 0.3) is 0 Å². The number of carbonyl (C=O) groups excluding carboxylic acids is 1. The predicted octanol–water partition coefficient (Wildman–Crippen LogP) is 2.99. The third-order valence-corrected chi connectivity index (χ3v) is 3.60. The van der Waals surface area contributed by atoms with Gasteiger partial charge < -0.3 is 20.1 Å². The molecule has 2 N–H and O–H groups in total. The Bertz CT molecular complexity index is 686. The van der Waals surface area contributed by atoms with E-state index in [1.807, 2.05) is 36.4 Å². The number of methoxy groups -OCH3 is 2. The lowest BCUT2D eigenvalue weighted by molar-refractivity contribution is -0.115. The zero-order chi connectivity index (χ0) is 17.4. The van der Waals surface area contributed by atoms with Crippen molar-refractivity contribution in [1.82, 2.24) is 5.32 Å². The predicted molar refractivity (Wildman–Crippen MR) is 95.7 cm³/mol. The highest BCUT2D eigenvalue weighted by molar-refractivity contribution is 5.92. The molecule has 5 nitrogen and oxygen atoms in total. The lowest BCUT2D eigenvalue weighted by atomic mass is 10.1. The first-order chi connectivity index (χ1) is 11.7. The maximum absolute atomic E-state index is 12.3. The van der Waals surface area contributed by atoms with Crippen LogP contribution in [-0.4, -0.2) is 26.7 Å². The fourth-order valence-electron chi connectivity index (χ4n) is 2.41. The van der Waals surface area contributed by atoms with Crippen molar-refractivity contribution in [2.75, 3.05) is 26.1 Å². The summed E-state index contributed by atoms with van der Waals surface area (Å²) in [6, 6.07) is 13.3. The van der Waals surface area contributed by atoms with Gasteiger partial charge >= 0.3 is 0 Å². The van der Waals surface area contributed by atoms with Crippen molar-refractivity contribution in [3.8, 4) is 11.5 Å². The van der Waals surface area contributed by atoms with Crippen LogP contribution in [0.4, 0.5) is 5.69 Å². The molecule has 0 saturated heterocycles. The molecule has 0 fully saturated rings. The molecular weight excluding hydrogens is 304 g/mol. The largest absolute Gasteiger partial charge is 0.493 e. The van der Waals surface area contributed by atoms with Gasteiger partial charge in [0.1, 0.15) is 0 Å². The smallest absolute Gasteiger partial charge is 0.228 e. The Labute approximate surface area is 143 Å². The number of anilines is 1. The monoisotopic (exact) mass is 328 g/mol. The summed E-state index contributed by atoms with van der Waals surface area (Å²) in [7, 11) is 3.17. The Morgan fingerprint density at radius 2 is 1.79 bits per heavy atom. The van der Waals surface area contributed by atoms with Crippen LogP contribution in [0.3, 0.4) is 0 Å². The van der Waals surface area contributed by atoms with Gasteiger partial charge in [-0.25, -0.2) is 0 Å². The van der Waals surface area contributed by atoms with Gasteiger partial charge in [0, 0.05) is 12.2 Å². The molecule has 0 spiro atoms. The van der Waals surface area contributed by atoms with E-state index in [0.29, 0.717) is 11.5 Å². The average Bonchev–Trinajstić information content (AvgIpc) is 2.60. The van der Waals surface area contributed by atoms with Crippen LogP contribution >= 0.6 is 0 Å². The molecule has 0 unspecified atom stereocenters. The molecule has 1 amide bonds. The van der Waals surface area contributed by atoms with E-state index >= 15 is 0 Å². The van der Waals surface area contributed by atoms with Crippen molar-refractivity contribution < 1.29 is 14.3 Å². The fourth-order valence-corrected chi connectivity index (χ4v) is 2.41. The van der Waals surface area contributed by atoms with Crippen LogP contribution in [0.1, 0.15) is 18.1 Å². The first-order valence-electron chi connectivity index (χ1n) is 7.96. The summed E-state index contributed by atoms with van der Waals surface area (Å²) in [5.41, 5.74) is 2.81. The summed E-state index contributed by atoms with van der Waals surface area (Å²) in [5.74, 6) is 1.20. The minimum absolute atomic E-state index is 0.0668. The number of nitrogens with one attached hydrogen (secondary N) is 2. The van der Waals surface area contributed by atoms with Crippen molar-refractivity contribution >= 4 is 11.6 Å². The minimum Gasteiger partial charge on any atom is -0.493 e. The highest BCUT2D eigenvalue weighted by Gasteiger charge is 2.09. The Hall–Kier alpha value is -2.53. The zero-order valence-corrected chi connectivity index (χ0v) is 14.4. The standard InChI is InChI=1S/C19H24N2O3/c1-4-20-13-15-6-5-7-16(10-15)21-19(22)12-14-8-9-17(23-2)18(11-14)24-3/h5-11,20H,4,12-13H2,1-3H3,(H,21,22). The fraction of sp³-hybridized carbons (Fsp3) is 0.316. The summed E-state index contributed by atoms with van der Waals surface area (Å²) in [4.78, 5) is 12.3. The highest BCUT2D eigenvalue weighted by Crippen LogP contribution is 2.27. The quantitative estimate of drug-likeness (QED) is 0.782. The van der Waals surface area contributed by atoms with Gasteiger partial charge in [-0.05, 0) is 41.9 Å². The van der Waals surface area contributed by atoms with Crippen LogP contribution in [0, 0.1) is 0 Å². The molecule has 24 heavy (non-hydrogen) atoms. The van der Waals surface area contributed by atoms with E-state index in [4.69, 9.17) is 9.47 Å². The lowest BCUT2D eigenvalue weighted by Crippen LogP contribution is -2.15. The third-order valence-electron chi connectivity index (χ3n) is 3.60. The second-order valence-electron chi connectivity index (χ2n) is 5.39. The van der Waals surface area contributed by atoms with Crippen molar-refractivity contribution in [2.45, 2.75) is 19.9 Å². The first-order valence-corrected chi connectivity index (χ1v) is 7.96. The molecular formula is C19H24N2O3. The molecule has 2 aromatic carbocycles. The van der Waals surface area contributed by atoms with Crippen LogP contribution in [0.2, 0.25) is 0 Å². The second kappa shape index (κ2) is 8.93. The number of hydrogen-bond acceptors (Lipinski definition) is 4. The SMILES string of the molecule is CCNCc1cccc(NC(=O)Cc2ccc(OC)c(OC)c2)c1. The molecule has 0 heterocycles. The molecule has 0 atom stereocenters. The van der Waals surface area contributed by atoms with Crippen molar-refractivity contribution in [1.29, 1.82) is 0 Å². The molecule has 0 aliphatic heterocycles. The van der Waals surface area contributed by atoms with E-state index in [1.165, 1.54) is 0 Å². The molecule has 128 valence electrons. The number of carbonyl (C=O) groups is 1. The molecule has 2 aromatic rings. The molecule has 0 bridgehead atoms. The number of benzene rings is 2. The minimum atomic E-state index is -0.0668. The van der Waals surface area contributed by atoms with Crippen LogP contribution < -0.4 is 20.1 Å². The van der Waals surface area contributed by atoms with Gasteiger partial charge in [0.15, 0.2) is 11.5 Å². The van der Waals surface area contributed by atoms with E-state index in [0.717, 1.165) is 29.9 Å². The molecule has 2 rings (SSSR count). The van der Waals surface area contributed by atoms with Gasteiger partial charge in [-0.15, -0.1) is 0 Å². The highest BCUT2D eigenvalue weighted by atomic mass is 16.5. The Kier molecular flexibility index (Phi) is 6.63. The topological polar surface area (TPSA) is 59.6 Å². The Morgan fingerprint density at radius 3 is 2.50 bits per heavy atom. The van der Waals surface area contributed by atoms with E-state index < -0.39 is 0 Å². The normalized spacial score (nSPS) is 10.3. The van der Waals surface area contributed by atoms with E-state index in [-0.39, 0.29) is 12.3 Å². The summed E-state index contributed by atoms with van der Waals surface area (Å²) in [6.07, 6.45) is 0.276. The Balaban J connectivity index is 2.00. The van der Waals surface area contributed by atoms with Gasteiger partial charge in [0.05, 0.1) is 20.6 Å². The number of amides is 1.